The third kappa shape index (κ3) is 1.48. The summed E-state index contributed by atoms with van der Waals surface area (Å²) in [5.74, 6) is 0. The van der Waals surface area contributed by atoms with Crippen molar-refractivity contribution in [1.82, 2.24) is 4.98 Å². The third-order valence-electron chi connectivity index (χ3n) is 0.973. The topological polar surface area (TPSA) is 102 Å². The van der Waals surface area contributed by atoms with Crippen molar-refractivity contribution < 1.29 is 9.83 Å². The van der Waals surface area contributed by atoms with Gasteiger partial charge in [0.25, 0.3) is 5.13 Å². The lowest BCUT2D eigenvalue weighted by Crippen LogP contribution is -2.40. The van der Waals surface area contributed by atoms with Gasteiger partial charge in [0.1, 0.15) is 0 Å². The lowest BCUT2D eigenvalue weighted by molar-refractivity contribution is -0.481. The average Bonchev–Trinajstić information content (AvgIpc) is 2.37. The predicted molar refractivity (Wildman–Crippen MR) is 41.2 cm³/mol. The van der Waals surface area contributed by atoms with Gasteiger partial charge in [0.05, 0.1) is 0 Å². The molecule has 1 rings (SSSR count). The Balaban J connectivity index is 2.96. The van der Waals surface area contributed by atoms with Gasteiger partial charge in [-0.15, -0.1) is 0 Å². The smallest absolute Gasteiger partial charge is 0.347 e. The number of nitrogens with two attached hydrogens (primary N) is 1. The summed E-state index contributed by atoms with van der Waals surface area (Å²) in [6, 6.07) is -1.16. The van der Waals surface area contributed by atoms with Crippen LogP contribution >= 0.6 is 11.3 Å². The van der Waals surface area contributed by atoms with E-state index >= 15 is 0 Å². The Kier molecular flexibility index (Phi) is 2.19. The molecule has 0 aromatic carbocycles. The van der Waals surface area contributed by atoms with Gasteiger partial charge in [0.15, 0.2) is 5.03 Å². The number of anilines is 1. The lowest BCUT2D eigenvalue weighted by atomic mass is 10.9. The first-order valence-electron chi connectivity index (χ1n) is 2.76. The molecule has 0 unspecified atom stereocenters. The number of primary amides is 1. The van der Waals surface area contributed by atoms with Crippen LogP contribution < -0.4 is 10.7 Å². The SMILES string of the molecule is NC(=O)N(c1nccs1)[N+](=O)[O-]. The number of hydrogen-bond acceptors (Lipinski definition) is 5. The van der Waals surface area contributed by atoms with Crippen LogP contribution in [0.4, 0.5) is 9.93 Å². The first-order chi connectivity index (χ1) is 5.63. The van der Waals surface area contributed by atoms with E-state index in [1.54, 1.807) is 0 Å². The molecule has 0 aliphatic heterocycles. The van der Waals surface area contributed by atoms with Crippen molar-refractivity contribution in [3.63, 3.8) is 0 Å². The molecule has 0 aliphatic carbocycles. The van der Waals surface area contributed by atoms with Crippen molar-refractivity contribution in [3.05, 3.63) is 21.7 Å². The maximum Gasteiger partial charge on any atom is 0.381 e. The highest BCUT2D eigenvalue weighted by Gasteiger charge is 2.26. The summed E-state index contributed by atoms with van der Waals surface area (Å²) in [6.07, 6.45) is 1.35. The van der Waals surface area contributed by atoms with Crippen LogP contribution in [0, 0.1) is 10.1 Å². The quantitative estimate of drug-likeness (QED) is 0.529. The molecule has 0 fully saturated rings. The monoisotopic (exact) mass is 188 g/mol. The van der Waals surface area contributed by atoms with E-state index in [0.717, 1.165) is 11.3 Å². The molecule has 64 valence electrons. The van der Waals surface area contributed by atoms with Crippen LogP contribution in [-0.2, 0) is 0 Å². The van der Waals surface area contributed by atoms with Crippen molar-refractivity contribution in [3.8, 4) is 0 Å². The van der Waals surface area contributed by atoms with Gasteiger partial charge in [-0.1, -0.05) is 11.3 Å². The number of urea groups is 1. The molecule has 8 heteroatoms. The molecular weight excluding hydrogens is 184 g/mol. The molecule has 2 amide bonds. The predicted octanol–water partition coefficient (Wildman–Crippen LogP) is 0.220. The van der Waals surface area contributed by atoms with Gasteiger partial charge < -0.3 is 5.73 Å². The number of hydrogen-bond donors (Lipinski definition) is 1. The van der Waals surface area contributed by atoms with E-state index in [1.165, 1.54) is 11.6 Å². The Morgan fingerprint density at radius 1 is 1.83 bits per heavy atom. The number of hydrazine groups is 1. The van der Waals surface area contributed by atoms with E-state index in [1.807, 2.05) is 0 Å². The minimum Gasteiger partial charge on any atom is -0.347 e. The maximum atomic E-state index is 10.5. The Labute approximate surface area is 70.5 Å². The Morgan fingerprint density at radius 3 is 2.83 bits per heavy atom. The highest BCUT2D eigenvalue weighted by atomic mass is 32.1. The van der Waals surface area contributed by atoms with Gasteiger partial charge in [-0.05, 0) is 0 Å². The minimum absolute atomic E-state index is 0.0486. The standard InChI is InChI=1S/C4H4N4O3S/c5-3(9)7(8(10)11)4-6-1-2-12-4/h1-2H,(H2,5,9). The highest BCUT2D eigenvalue weighted by Crippen LogP contribution is 2.16. The summed E-state index contributed by atoms with van der Waals surface area (Å²) >= 11 is 0.960. The number of carbonyl (C=O) groups is 1. The molecule has 0 spiro atoms. The number of nitrogens with zero attached hydrogens (tertiary/aromatic N) is 3. The summed E-state index contributed by atoms with van der Waals surface area (Å²) in [6.45, 7) is 0. The number of nitro groups is 1. The van der Waals surface area contributed by atoms with Gasteiger partial charge in [-0.3, -0.25) is 0 Å². The van der Waals surface area contributed by atoms with Crippen LogP contribution in [-0.4, -0.2) is 16.0 Å². The zero-order valence-corrected chi connectivity index (χ0v) is 6.52. The molecular formula is C4H4N4O3S. The Morgan fingerprint density at radius 2 is 2.50 bits per heavy atom. The molecule has 0 atom stereocenters. The molecule has 0 bridgehead atoms. The van der Waals surface area contributed by atoms with E-state index in [9.17, 15) is 14.9 Å². The maximum absolute atomic E-state index is 10.5. The summed E-state index contributed by atoms with van der Waals surface area (Å²) in [5.41, 5.74) is 4.74. The summed E-state index contributed by atoms with van der Waals surface area (Å²) < 4.78 is 0. The van der Waals surface area contributed by atoms with Gasteiger partial charge in [-0.2, -0.15) is 0 Å². The lowest BCUT2D eigenvalue weighted by Gasteiger charge is -2.03. The van der Waals surface area contributed by atoms with Crippen molar-refractivity contribution in [2.45, 2.75) is 0 Å². The first-order valence-corrected chi connectivity index (χ1v) is 3.64. The first kappa shape index (κ1) is 8.40. The number of aromatic nitrogens is 1. The minimum atomic E-state index is -1.16. The molecule has 2 N–H and O–H groups in total. The summed E-state index contributed by atoms with van der Waals surface area (Å²) in [4.78, 5) is 24.3. The molecule has 0 saturated heterocycles. The van der Waals surface area contributed by atoms with Crippen LogP contribution in [0.2, 0.25) is 0 Å². The van der Waals surface area contributed by atoms with Crippen molar-refractivity contribution in [1.29, 1.82) is 0 Å². The van der Waals surface area contributed by atoms with Crippen molar-refractivity contribution in [2.24, 2.45) is 5.73 Å². The fraction of sp³-hybridized carbons (Fsp3) is 0. The molecule has 1 aromatic rings. The molecule has 0 radical (unpaired) electrons. The molecule has 1 heterocycles. The number of carbonyl (C=O) groups excluding carboxylic acids is 1. The zero-order valence-electron chi connectivity index (χ0n) is 5.71. The molecule has 12 heavy (non-hydrogen) atoms. The van der Waals surface area contributed by atoms with Crippen molar-refractivity contribution >= 4 is 22.5 Å². The normalized spacial score (nSPS) is 9.33. The van der Waals surface area contributed by atoms with E-state index in [4.69, 9.17) is 5.73 Å². The van der Waals surface area contributed by atoms with E-state index in [2.05, 4.69) is 4.98 Å². The molecule has 1 aromatic heterocycles. The Bertz CT molecular complexity index is 283. The van der Waals surface area contributed by atoms with Gasteiger partial charge >= 0.3 is 6.03 Å². The fourth-order valence-electron chi connectivity index (χ4n) is 0.565. The summed E-state index contributed by atoms with van der Waals surface area (Å²) in [5, 5.41) is 11.0. The van der Waals surface area contributed by atoms with Crippen LogP contribution in [0.3, 0.4) is 0 Å². The number of amides is 2. The van der Waals surface area contributed by atoms with Gasteiger partial charge in [0, 0.05) is 16.6 Å². The van der Waals surface area contributed by atoms with Gasteiger partial charge in [-0.25, -0.2) is 19.9 Å². The van der Waals surface area contributed by atoms with E-state index < -0.39 is 11.1 Å². The Hall–Kier alpha value is -1.70. The van der Waals surface area contributed by atoms with E-state index in [-0.39, 0.29) is 10.1 Å². The van der Waals surface area contributed by atoms with Crippen LogP contribution in [0.25, 0.3) is 0 Å². The average molecular weight is 188 g/mol. The third-order valence-corrected chi connectivity index (χ3v) is 1.72. The second-order valence-electron chi connectivity index (χ2n) is 1.70. The highest BCUT2D eigenvalue weighted by molar-refractivity contribution is 7.13. The van der Waals surface area contributed by atoms with Crippen LogP contribution in [0.15, 0.2) is 11.6 Å². The fourth-order valence-corrected chi connectivity index (χ4v) is 1.19. The van der Waals surface area contributed by atoms with Crippen LogP contribution in [0.1, 0.15) is 0 Å². The van der Waals surface area contributed by atoms with Crippen molar-refractivity contribution in [2.75, 3.05) is 5.01 Å². The largest absolute Gasteiger partial charge is 0.381 e. The second kappa shape index (κ2) is 3.13. The molecule has 0 aliphatic rings. The second-order valence-corrected chi connectivity index (χ2v) is 2.58. The zero-order chi connectivity index (χ0) is 9.14. The van der Waals surface area contributed by atoms with Gasteiger partial charge in [0.2, 0.25) is 0 Å². The number of rotatable bonds is 2. The van der Waals surface area contributed by atoms with Crippen LogP contribution in [0.5, 0.6) is 0 Å². The van der Waals surface area contributed by atoms with E-state index in [0.29, 0.717) is 0 Å². The molecule has 7 nitrogen and oxygen atoms in total. The number of thiazole rings is 1. The molecule has 0 saturated carbocycles. The summed E-state index contributed by atoms with van der Waals surface area (Å²) in [7, 11) is 0.